The summed E-state index contributed by atoms with van der Waals surface area (Å²) in [6.07, 6.45) is 0. The van der Waals surface area contributed by atoms with Gasteiger partial charge in [0, 0.05) is 33.3 Å². The molecule has 0 unspecified atom stereocenters. The number of amides is 1. The maximum Gasteiger partial charge on any atom is 0.248 e. The number of methoxy groups -OCH3 is 1. The number of nitrogen functional groups attached to an aromatic ring is 1. The molecule has 1 fully saturated rings. The third-order valence-corrected chi connectivity index (χ3v) is 5.37. The molecule has 1 amide bonds. The second-order valence-corrected chi connectivity index (χ2v) is 6.66. The molecular formula is C13H19N3O4S. The Morgan fingerprint density at radius 2 is 1.86 bits per heavy atom. The Labute approximate surface area is 124 Å². The molecule has 0 bridgehead atoms. The van der Waals surface area contributed by atoms with Gasteiger partial charge in [-0.3, -0.25) is 4.79 Å². The molecule has 1 heterocycles. The molecule has 0 radical (unpaired) electrons. The topological polar surface area (TPSA) is 92.9 Å². The van der Waals surface area contributed by atoms with E-state index in [1.54, 1.807) is 23.1 Å². The van der Waals surface area contributed by atoms with Crippen LogP contribution in [-0.4, -0.2) is 63.4 Å². The minimum absolute atomic E-state index is 0.0123. The molecule has 2 N–H and O–H groups in total. The van der Waals surface area contributed by atoms with Crippen LogP contribution in [0.5, 0.6) is 0 Å². The number of hydrogen-bond donors (Lipinski definition) is 1. The average Bonchev–Trinajstić information content (AvgIpc) is 2.48. The van der Waals surface area contributed by atoms with E-state index < -0.39 is 10.0 Å². The van der Waals surface area contributed by atoms with E-state index in [0.29, 0.717) is 13.1 Å². The predicted octanol–water partition coefficient (Wildman–Crippen LogP) is -0.252. The van der Waals surface area contributed by atoms with Gasteiger partial charge in [0.15, 0.2) is 0 Å². The van der Waals surface area contributed by atoms with Crippen LogP contribution in [0.3, 0.4) is 0 Å². The van der Waals surface area contributed by atoms with Crippen molar-refractivity contribution in [3.05, 3.63) is 24.3 Å². The molecule has 0 saturated carbocycles. The molecule has 1 aromatic rings. The third kappa shape index (κ3) is 3.34. The van der Waals surface area contributed by atoms with E-state index >= 15 is 0 Å². The van der Waals surface area contributed by atoms with Crippen molar-refractivity contribution in [3.8, 4) is 0 Å². The molecule has 1 aromatic carbocycles. The second-order valence-electron chi connectivity index (χ2n) is 4.76. The SMILES string of the molecule is COCC(=O)N1CCN(S(=O)(=O)c2ccccc2N)CC1. The zero-order valence-electron chi connectivity index (χ0n) is 11.9. The number of hydrogen-bond acceptors (Lipinski definition) is 5. The standard InChI is InChI=1S/C13H19N3O4S/c1-20-10-13(17)15-6-8-16(9-7-15)21(18,19)12-5-3-2-4-11(12)14/h2-5H,6-10,14H2,1H3. The second kappa shape index (κ2) is 6.42. The fraction of sp³-hybridized carbons (Fsp3) is 0.462. The summed E-state index contributed by atoms with van der Waals surface area (Å²) in [6.45, 7) is 1.24. The maximum absolute atomic E-state index is 12.5. The normalized spacial score (nSPS) is 16.9. The first-order valence-electron chi connectivity index (χ1n) is 6.58. The highest BCUT2D eigenvalue weighted by molar-refractivity contribution is 7.89. The third-order valence-electron chi connectivity index (χ3n) is 3.40. The fourth-order valence-corrected chi connectivity index (χ4v) is 3.79. The largest absolute Gasteiger partial charge is 0.398 e. The Bertz CT molecular complexity index is 610. The van der Waals surface area contributed by atoms with Gasteiger partial charge in [-0.05, 0) is 12.1 Å². The molecular weight excluding hydrogens is 294 g/mol. The molecule has 1 aliphatic heterocycles. The Balaban J connectivity index is 2.08. The van der Waals surface area contributed by atoms with E-state index in [0.717, 1.165) is 0 Å². The van der Waals surface area contributed by atoms with E-state index in [1.165, 1.54) is 17.5 Å². The van der Waals surface area contributed by atoms with Gasteiger partial charge in [-0.1, -0.05) is 12.1 Å². The quantitative estimate of drug-likeness (QED) is 0.774. The van der Waals surface area contributed by atoms with Crippen LogP contribution in [0.1, 0.15) is 0 Å². The molecule has 0 aliphatic carbocycles. The number of nitrogens with zero attached hydrogens (tertiary/aromatic N) is 2. The molecule has 0 spiro atoms. The molecule has 116 valence electrons. The molecule has 1 saturated heterocycles. The van der Waals surface area contributed by atoms with Crippen molar-refractivity contribution in [1.29, 1.82) is 0 Å². The minimum atomic E-state index is -3.62. The highest BCUT2D eigenvalue weighted by atomic mass is 32.2. The van der Waals surface area contributed by atoms with Gasteiger partial charge >= 0.3 is 0 Å². The van der Waals surface area contributed by atoms with Gasteiger partial charge in [-0.25, -0.2) is 8.42 Å². The summed E-state index contributed by atoms with van der Waals surface area (Å²) in [6, 6.07) is 6.38. The Morgan fingerprint density at radius 3 is 2.43 bits per heavy atom. The number of anilines is 1. The monoisotopic (exact) mass is 313 g/mol. The number of benzene rings is 1. The molecule has 7 nitrogen and oxygen atoms in total. The van der Waals surface area contributed by atoms with E-state index in [1.807, 2.05) is 0 Å². The zero-order valence-corrected chi connectivity index (χ0v) is 12.7. The number of carbonyl (C=O) groups excluding carboxylic acids is 1. The lowest BCUT2D eigenvalue weighted by Gasteiger charge is -2.34. The first-order valence-corrected chi connectivity index (χ1v) is 8.02. The van der Waals surface area contributed by atoms with Crippen molar-refractivity contribution in [2.75, 3.05) is 45.6 Å². The van der Waals surface area contributed by atoms with Gasteiger partial charge in [-0.2, -0.15) is 4.31 Å². The number of sulfonamides is 1. The van der Waals surface area contributed by atoms with Crippen LogP contribution < -0.4 is 5.73 Å². The van der Waals surface area contributed by atoms with Gasteiger partial charge in [-0.15, -0.1) is 0 Å². The number of para-hydroxylation sites is 1. The fourth-order valence-electron chi connectivity index (χ4n) is 2.25. The van der Waals surface area contributed by atoms with Crippen LogP contribution in [0, 0.1) is 0 Å². The van der Waals surface area contributed by atoms with Crippen molar-refractivity contribution in [1.82, 2.24) is 9.21 Å². The highest BCUT2D eigenvalue weighted by Gasteiger charge is 2.30. The number of ether oxygens (including phenoxy) is 1. The molecule has 21 heavy (non-hydrogen) atoms. The molecule has 0 aromatic heterocycles. The summed E-state index contributed by atoms with van der Waals surface area (Å²) in [5.74, 6) is -0.131. The van der Waals surface area contributed by atoms with Crippen LogP contribution in [0.4, 0.5) is 5.69 Å². The van der Waals surface area contributed by atoms with Gasteiger partial charge in [0.25, 0.3) is 0 Å². The molecule has 0 atom stereocenters. The minimum Gasteiger partial charge on any atom is -0.398 e. The van der Waals surface area contributed by atoms with Crippen molar-refractivity contribution in [2.45, 2.75) is 4.90 Å². The van der Waals surface area contributed by atoms with E-state index in [-0.39, 0.29) is 36.2 Å². The van der Waals surface area contributed by atoms with E-state index in [2.05, 4.69) is 0 Å². The number of piperazine rings is 1. The Kier molecular flexibility index (Phi) is 4.81. The summed E-state index contributed by atoms with van der Waals surface area (Å²) in [5, 5.41) is 0. The van der Waals surface area contributed by atoms with Crippen molar-refractivity contribution in [2.24, 2.45) is 0 Å². The molecule has 8 heteroatoms. The summed E-state index contributed by atoms with van der Waals surface area (Å²) in [4.78, 5) is 13.4. The number of carbonyl (C=O) groups is 1. The Hall–Kier alpha value is -1.64. The van der Waals surface area contributed by atoms with Crippen molar-refractivity contribution >= 4 is 21.6 Å². The summed E-state index contributed by atoms with van der Waals surface area (Å²) in [5.41, 5.74) is 5.97. The summed E-state index contributed by atoms with van der Waals surface area (Å²) >= 11 is 0. The first kappa shape index (κ1) is 15.7. The molecule has 2 rings (SSSR count). The van der Waals surface area contributed by atoms with Crippen LogP contribution in [-0.2, 0) is 19.6 Å². The van der Waals surface area contributed by atoms with E-state index in [9.17, 15) is 13.2 Å². The van der Waals surface area contributed by atoms with Crippen LogP contribution >= 0.6 is 0 Å². The van der Waals surface area contributed by atoms with Gasteiger partial charge in [0.1, 0.15) is 11.5 Å². The zero-order chi connectivity index (χ0) is 15.5. The van der Waals surface area contributed by atoms with Crippen LogP contribution in [0.15, 0.2) is 29.2 Å². The number of rotatable bonds is 4. The molecule has 1 aliphatic rings. The first-order chi connectivity index (χ1) is 9.96. The van der Waals surface area contributed by atoms with Crippen LogP contribution in [0.2, 0.25) is 0 Å². The predicted molar refractivity (Wildman–Crippen MR) is 78.1 cm³/mol. The van der Waals surface area contributed by atoms with Gasteiger partial charge < -0.3 is 15.4 Å². The van der Waals surface area contributed by atoms with Crippen molar-refractivity contribution < 1.29 is 17.9 Å². The smallest absolute Gasteiger partial charge is 0.248 e. The van der Waals surface area contributed by atoms with Crippen molar-refractivity contribution in [3.63, 3.8) is 0 Å². The lowest BCUT2D eigenvalue weighted by Crippen LogP contribution is -2.51. The number of nitrogens with two attached hydrogens (primary N) is 1. The van der Waals surface area contributed by atoms with Crippen LogP contribution in [0.25, 0.3) is 0 Å². The average molecular weight is 313 g/mol. The lowest BCUT2D eigenvalue weighted by molar-refractivity contribution is -0.136. The lowest BCUT2D eigenvalue weighted by atomic mass is 10.3. The van der Waals surface area contributed by atoms with Gasteiger partial charge in [0.2, 0.25) is 15.9 Å². The maximum atomic E-state index is 12.5. The Morgan fingerprint density at radius 1 is 1.24 bits per heavy atom. The van der Waals surface area contributed by atoms with Gasteiger partial charge in [0.05, 0.1) is 5.69 Å². The summed E-state index contributed by atoms with van der Waals surface area (Å²) < 4.78 is 31.2. The highest BCUT2D eigenvalue weighted by Crippen LogP contribution is 2.22. The summed E-state index contributed by atoms with van der Waals surface area (Å²) in [7, 11) is -2.16. The van der Waals surface area contributed by atoms with E-state index in [4.69, 9.17) is 10.5 Å².